The van der Waals surface area contributed by atoms with Crippen molar-refractivity contribution in [3.63, 3.8) is 0 Å². The molecule has 0 aromatic carbocycles. The number of carbonyl (C=O) groups excluding carboxylic acids is 2. The van der Waals surface area contributed by atoms with Crippen molar-refractivity contribution >= 4 is 23.2 Å². The van der Waals surface area contributed by atoms with Gasteiger partial charge in [-0.3, -0.25) is 9.59 Å². The fourth-order valence-corrected chi connectivity index (χ4v) is 4.57. The second kappa shape index (κ2) is 8.90. The average molecular weight is 404 g/mol. The molecule has 0 atom stereocenters. The van der Waals surface area contributed by atoms with Crippen molar-refractivity contribution in [2.75, 3.05) is 6.54 Å². The normalized spacial score (nSPS) is 16.0. The number of nitrogens with one attached hydrogen (secondary N) is 2. The van der Waals surface area contributed by atoms with Crippen molar-refractivity contribution in [2.24, 2.45) is 0 Å². The Bertz CT molecular complexity index is 834. The van der Waals surface area contributed by atoms with E-state index in [1.54, 1.807) is 0 Å². The van der Waals surface area contributed by atoms with Gasteiger partial charge in [0.25, 0.3) is 5.91 Å². The second-order valence-electron chi connectivity index (χ2n) is 7.55. The predicted octanol–water partition coefficient (Wildman–Crippen LogP) is 4.37. The van der Waals surface area contributed by atoms with Gasteiger partial charge in [-0.15, -0.1) is 11.3 Å². The number of aromatic nitrogens is 1. The van der Waals surface area contributed by atoms with Crippen molar-refractivity contribution < 1.29 is 14.0 Å². The van der Waals surface area contributed by atoms with Gasteiger partial charge in [0, 0.05) is 6.54 Å². The molecule has 0 aliphatic heterocycles. The molecule has 0 radical (unpaired) electrons. The van der Waals surface area contributed by atoms with Gasteiger partial charge in [0.1, 0.15) is 16.2 Å². The number of thiazole rings is 1. The summed E-state index contributed by atoms with van der Waals surface area (Å²) in [5.41, 5.74) is -0.162. The molecule has 3 rings (SSSR count). The molecule has 2 heterocycles. The first-order valence-corrected chi connectivity index (χ1v) is 10.9. The maximum absolute atomic E-state index is 13.1. The summed E-state index contributed by atoms with van der Waals surface area (Å²) in [6.45, 7) is 6.44. The Balaban J connectivity index is 1.78. The first-order valence-electron chi connectivity index (χ1n) is 10.1. The zero-order valence-corrected chi connectivity index (χ0v) is 17.7. The lowest BCUT2D eigenvalue weighted by atomic mass is 9.80. The smallest absolute Gasteiger partial charge is 0.264 e. The summed E-state index contributed by atoms with van der Waals surface area (Å²) in [5.74, 6) is 1.18. The molecular weight excluding hydrogens is 374 g/mol. The van der Waals surface area contributed by atoms with E-state index in [1.807, 2.05) is 26.0 Å². The average Bonchev–Trinajstić information content (AvgIpc) is 3.28. The number of nitrogens with zero attached hydrogens (tertiary/aromatic N) is 1. The Kier molecular flexibility index (Phi) is 6.54. The third-order valence-corrected chi connectivity index (χ3v) is 6.44. The molecule has 2 N–H and O–H groups in total. The number of furan rings is 1. The molecule has 2 aromatic heterocycles. The van der Waals surface area contributed by atoms with Crippen molar-refractivity contribution in [2.45, 2.75) is 71.3 Å². The molecule has 0 bridgehead atoms. The SMILES string of the molecule is CCCCNC(=O)C1(NC(=O)c2sc(-c3ccc(C)o3)nc2C)CCCCC1. The highest BCUT2D eigenvalue weighted by atomic mass is 32.1. The van der Waals surface area contributed by atoms with Gasteiger partial charge in [-0.1, -0.05) is 32.6 Å². The van der Waals surface area contributed by atoms with E-state index in [4.69, 9.17) is 4.42 Å². The van der Waals surface area contributed by atoms with Crippen LogP contribution in [-0.2, 0) is 4.79 Å². The van der Waals surface area contributed by atoms with Crippen LogP contribution in [0, 0.1) is 13.8 Å². The standard InChI is InChI=1S/C21H29N3O3S/c1-4-5-13-22-20(26)21(11-7-6-8-12-21)24-18(25)17-15(3)23-19(28-17)16-10-9-14(2)27-16/h9-10H,4-8,11-13H2,1-3H3,(H,22,26)(H,24,25). The van der Waals surface area contributed by atoms with E-state index < -0.39 is 5.54 Å². The molecule has 1 aliphatic carbocycles. The van der Waals surface area contributed by atoms with Crippen LogP contribution in [0.4, 0.5) is 0 Å². The quantitative estimate of drug-likeness (QED) is 0.673. The largest absolute Gasteiger partial charge is 0.459 e. The first-order chi connectivity index (χ1) is 13.4. The molecule has 1 fully saturated rings. The minimum atomic E-state index is -0.819. The summed E-state index contributed by atoms with van der Waals surface area (Å²) >= 11 is 1.31. The van der Waals surface area contributed by atoms with Crippen LogP contribution >= 0.6 is 11.3 Å². The minimum Gasteiger partial charge on any atom is -0.459 e. The monoisotopic (exact) mass is 403 g/mol. The zero-order chi connectivity index (χ0) is 20.1. The third-order valence-electron chi connectivity index (χ3n) is 5.26. The summed E-state index contributed by atoms with van der Waals surface area (Å²) < 4.78 is 5.63. The van der Waals surface area contributed by atoms with Crippen LogP contribution in [0.2, 0.25) is 0 Å². The van der Waals surface area contributed by atoms with Crippen LogP contribution in [0.5, 0.6) is 0 Å². The van der Waals surface area contributed by atoms with Gasteiger partial charge in [-0.2, -0.15) is 0 Å². The first kappa shape index (κ1) is 20.6. The molecule has 0 unspecified atom stereocenters. The molecule has 7 heteroatoms. The second-order valence-corrected chi connectivity index (χ2v) is 8.55. The molecule has 152 valence electrons. The zero-order valence-electron chi connectivity index (χ0n) is 16.9. The highest BCUT2D eigenvalue weighted by molar-refractivity contribution is 7.17. The Morgan fingerprint density at radius 1 is 1.21 bits per heavy atom. The molecule has 1 saturated carbocycles. The van der Waals surface area contributed by atoms with E-state index in [1.165, 1.54) is 11.3 Å². The van der Waals surface area contributed by atoms with Gasteiger partial charge in [0.15, 0.2) is 10.8 Å². The van der Waals surface area contributed by atoms with Gasteiger partial charge in [-0.25, -0.2) is 4.98 Å². The molecule has 28 heavy (non-hydrogen) atoms. The Labute approximate surface area is 170 Å². The van der Waals surface area contributed by atoms with Crippen LogP contribution in [0.3, 0.4) is 0 Å². The van der Waals surface area contributed by atoms with Gasteiger partial charge >= 0.3 is 0 Å². The number of rotatable bonds is 7. The summed E-state index contributed by atoms with van der Waals surface area (Å²) in [6.07, 6.45) is 6.31. The summed E-state index contributed by atoms with van der Waals surface area (Å²) in [4.78, 5) is 31.0. The topological polar surface area (TPSA) is 84.2 Å². The summed E-state index contributed by atoms with van der Waals surface area (Å²) in [5, 5.41) is 6.77. The fourth-order valence-electron chi connectivity index (χ4n) is 3.65. The van der Waals surface area contributed by atoms with Crippen molar-refractivity contribution in [3.05, 3.63) is 28.5 Å². The number of unbranched alkanes of at least 4 members (excludes halogenated alkanes) is 1. The van der Waals surface area contributed by atoms with Crippen LogP contribution in [0.1, 0.15) is 73.0 Å². The van der Waals surface area contributed by atoms with Crippen LogP contribution < -0.4 is 10.6 Å². The lowest BCUT2D eigenvalue weighted by Gasteiger charge is -2.36. The van der Waals surface area contributed by atoms with Crippen LogP contribution in [-0.4, -0.2) is 28.9 Å². The van der Waals surface area contributed by atoms with E-state index in [0.717, 1.165) is 37.9 Å². The lowest BCUT2D eigenvalue weighted by molar-refractivity contribution is -0.128. The molecule has 0 saturated heterocycles. The van der Waals surface area contributed by atoms with E-state index in [2.05, 4.69) is 22.5 Å². The molecule has 6 nitrogen and oxygen atoms in total. The summed E-state index contributed by atoms with van der Waals surface area (Å²) in [7, 11) is 0. The Hall–Kier alpha value is -2.15. The van der Waals surface area contributed by atoms with Gasteiger partial charge < -0.3 is 15.1 Å². The maximum Gasteiger partial charge on any atom is 0.264 e. The van der Waals surface area contributed by atoms with E-state index in [0.29, 0.717) is 40.7 Å². The number of aryl methyl sites for hydroxylation is 2. The highest BCUT2D eigenvalue weighted by Crippen LogP contribution is 2.32. The molecule has 1 aliphatic rings. The van der Waals surface area contributed by atoms with E-state index in [-0.39, 0.29) is 11.8 Å². The predicted molar refractivity (Wildman–Crippen MR) is 110 cm³/mol. The van der Waals surface area contributed by atoms with Crippen molar-refractivity contribution in [3.8, 4) is 10.8 Å². The van der Waals surface area contributed by atoms with Crippen LogP contribution in [0.25, 0.3) is 10.8 Å². The molecular formula is C21H29N3O3S. The number of hydrogen-bond acceptors (Lipinski definition) is 5. The lowest BCUT2D eigenvalue weighted by Crippen LogP contribution is -2.59. The third kappa shape index (κ3) is 4.46. The number of carbonyl (C=O) groups is 2. The Morgan fingerprint density at radius 2 is 1.96 bits per heavy atom. The van der Waals surface area contributed by atoms with Gasteiger partial charge in [0.2, 0.25) is 5.91 Å². The fraction of sp³-hybridized carbons (Fsp3) is 0.571. The number of hydrogen-bond donors (Lipinski definition) is 2. The molecule has 0 spiro atoms. The van der Waals surface area contributed by atoms with E-state index >= 15 is 0 Å². The molecule has 2 amide bonds. The van der Waals surface area contributed by atoms with Gasteiger partial charge in [0.05, 0.1) is 5.69 Å². The van der Waals surface area contributed by atoms with Crippen LogP contribution in [0.15, 0.2) is 16.5 Å². The van der Waals surface area contributed by atoms with Crippen molar-refractivity contribution in [1.82, 2.24) is 15.6 Å². The molecule has 2 aromatic rings. The van der Waals surface area contributed by atoms with Gasteiger partial charge in [-0.05, 0) is 45.2 Å². The van der Waals surface area contributed by atoms with E-state index in [9.17, 15) is 9.59 Å². The Morgan fingerprint density at radius 3 is 2.61 bits per heavy atom. The minimum absolute atomic E-state index is 0.0574. The maximum atomic E-state index is 13.1. The highest BCUT2D eigenvalue weighted by Gasteiger charge is 2.41. The number of amides is 2. The van der Waals surface area contributed by atoms with Crippen molar-refractivity contribution in [1.29, 1.82) is 0 Å². The summed E-state index contributed by atoms with van der Waals surface area (Å²) in [6, 6.07) is 3.74.